The van der Waals surface area contributed by atoms with E-state index in [-0.39, 0.29) is 34.5 Å². The number of esters is 1. The Bertz CT molecular complexity index is 2000. The minimum Gasteiger partial charge on any atom is -0.465 e. The molecule has 5 aromatic rings. The molecule has 3 aromatic heterocycles. The highest BCUT2D eigenvalue weighted by Crippen LogP contribution is 2.39. The first kappa shape index (κ1) is 25.6. The van der Waals surface area contributed by atoms with E-state index in [2.05, 4.69) is 9.71 Å². The molecule has 0 atom stereocenters. The van der Waals surface area contributed by atoms with Crippen LogP contribution in [0.5, 0.6) is 0 Å². The standard InChI is InChI=1S/C28H22FN3O7S/c1-38-28(35)16-4-8-20(29)17(13-16)14-32-21-9-5-15-10-12-39-25(15)23(21)22(19-3-2-11-30-26(19)33)24(32)27(34)31-40(36,37)18-6-7-18/h2-5,8-13,18H,6-7,14H2,1H3,(H,30,33)(H,31,34). The Hall–Kier alpha value is -4.71. The molecule has 1 saturated carbocycles. The molecule has 10 nitrogen and oxygen atoms in total. The van der Waals surface area contributed by atoms with Gasteiger partial charge in [-0.1, -0.05) is 0 Å². The Morgan fingerprint density at radius 1 is 1.18 bits per heavy atom. The fourth-order valence-electron chi connectivity index (χ4n) is 4.89. The summed E-state index contributed by atoms with van der Waals surface area (Å²) in [6, 6.07) is 11.9. The lowest BCUT2D eigenvalue weighted by Crippen LogP contribution is -2.35. The summed E-state index contributed by atoms with van der Waals surface area (Å²) in [5.74, 6) is -2.32. The molecule has 0 saturated heterocycles. The molecule has 0 unspecified atom stereocenters. The van der Waals surface area contributed by atoms with Crippen LogP contribution in [0.4, 0.5) is 4.39 Å². The second-order valence-electron chi connectivity index (χ2n) is 9.49. The van der Waals surface area contributed by atoms with Gasteiger partial charge in [-0.05, 0) is 61.4 Å². The van der Waals surface area contributed by atoms with Gasteiger partial charge in [-0.2, -0.15) is 0 Å². The molecule has 6 rings (SSSR count). The van der Waals surface area contributed by atoms with Crippen LogP contribution in [0.2, 0.25) is 0 Å². The number of aromatic nitrogens is 2. The van der Waals surface area contributed by atoms with Gasteiger partial charge < -0.3 is 18.7 Å². The molecule has 204 valence electrons. The third-order valence-corrected chi connectivity index (χ3v) is 8.76. The Kier molecular flexibility index (Phi) is 6.06. The van der Waals surface area contributed by atoms with Crippen LogP contribution in [0.25, 0.3) is 33.0 Å². The summed E-state index contributed by atoms with van der Waals surface area (Å²) in [6.07, 6.45) is 3.74. The molecule has 2 aromatic carbocycles. The molecule has 12 heteroatoms. The zero-order valence-electron chi connectivity index (χ0n) is 21.1. The van der Waals surface area contributed by atoms with Crippen molar-refractivity contribution in [2.24, 2.45) is 0 Å². The first-order chi connectivity index (χ1) is 19.2. The number of fused-ring (bicyclic) bond motifs is 3. The van der Waals surface area contributed by atoms with Crippen molar-refractivity contribution in [3.63, 3.8) is 0 Å². The molecule has 0 bridgehead atoms. The number of aromatic amines is 1. The number of halogens is 1. The molecular formula is C28H22FN3O7S. The van der Waals surface area contributed by atoms with Crippen LogP contribution in [0.15, 0.2) is 70.2 Å². The monoisotopic (exact) mass is 563 g/mol. The number of methoxy groups -OCH3 is 1. The third kappa shape index (κ3) is 4.26. The van der Waals surface area contributed by atoms with E-state index < -0.39 is 38.5 Å². The average Bonchev–Trinajstić information content (AvgIpc) is 3.61. The number of hydrogen-bond acceptors (Lipinski definition) is 7. The fraction of sp³-hybridized carbons (Fsp3) is 0.179. The van der Waals surface area contributed by atoms with Gasteiger partial charge in [-0.25, -0.2) is 22.3 Å². The van der Waals surface area contributed by atoms with Crippen LogP contribution in [-0.4, -0.2) is 42.2 Å². The molecule has 0 aliphatic heterocycles. The van der Waals surface area contributed by atoms with Crippen LogP contribution in [0.3, 0.4) is 0 Å². The zero-order valence-corrected chi connectivity index (χ0v) is 21.9. The van der Waals surface area contributed by atoms with Crippen LogP contribution >= 0.6 is 0 Å². The van der Waals surface area contributed by atoms with Gasteiger partial charge >= 0.3 is 5.97 Å². The number of hydrogen-bond donors (Lipinski definition) is 2. The van der Waals surface area contributed by atoms with E-state index in [1.807, 2.05) is 0 Å². The van der Waals surface area contributed by atoms with E-state index in [1.165, 1.54) is 42.3 Å². The highest BCUT2D eigenvalue weighted by molar-refractivity contribution is 7.91. The Morgan fingerprint density at radius 3 is 2.70 bits per heavy atom. The van der Waals surface area contributed by atoms with Gasteiger partial charge in [0.05, 0.1) is 47.2 Å². The van der Waals surface area contributed by atoms with E-state index in [1.54, 1.807) is 24.3 Å². The SMILES string of the molecule is COC(=O)c1ccc(F)c(Cn2c(C(=O)NS(=O)(=O)C3CC3)c(-c3ccc[nH]c3=O)c3c4occc4ccc32)c1. The minimum absolute atomic E-state index is 0.0342. The maximum Gasteiger partial charge on any atom is 0.337 e. The quantitative estimate of drug-likeness (QED) is 0.286. The fourth-order valence-corrected chi connectivity index (χ4v) is 6.17. The van der Waals surface area contributed by atoms with Gasteiger partial charge in [-0.15, -0.1) is 0 Å². The summed E-state index contributed by atoms with van der Waals surface area (Å²) in [7, 11) is -2.79. The topological polar surface area (TPSA) is 140 Å². The van der Waals surface area contributed by atoms with E-state index >= 15 is 4.39 Å². The second kappa shape index (κ2) is 9.49. The first-order valence-electron chi connectivity index (χ1n) is 12.3. The molecular weight excluding hydrogens is 541 g/mol. The lowest BCUT2D eigenvalue weighted by molar-refractivity contribution is 0.0600. The molecule has 0 radical (unpaired) electrons. The maximum atomic E-state index is 15.1. The number of carbonyl (C=O) groups is 2. The van der Waals surface area contributed by atoms with Crippen LogP contribution in [-0.2, 0) is 21.3 Å². The van der Waals surface area contributed by atoms with Gasteiger partial charge in [0, 0.05) is 22.7 Å². The number of rotatable bonds is 7. The van der Waals surface area contributed by atoms with Crippen molar-refractivity contribution in [1.82, 2.24) is 14.3 Å². The van der Waals surface area contributed by atoms with Crippen molar-refractivity contribution in [3.8, 4) is 11.1 Å². The second-order valence-corrected chi connectivity index (χ2v) is 11.5. The molecule has 1 aliphatic carbocycles. The number of ether oxygens (including phenoxy) is 1. The van der Waals surface area contributed by atoms with E-state index in [4.69, 9.17) is 9.15 Å². The number of furan rings is 1. The summed E-state index contributed by atoms with van der Waals surface area (Å²) < 4.78 is 54.8. The highest BCUT2D eigenvalue weighted by atomic mass is 32.2. The van der Waals surface area contributed by atoms with Crippen molar-refractivity contribution in [3.05, 3.63) is 94.0 Å². The number of nitrogens with one attached hydrogen (secondary N) is 2. The normalized spacial score (nSPS) is 13.6. The number of pyridine rings is 1. The predicted molar refractivity (Wildman–Crippen MR) is 144 cm³/mol. The first-order valence-corrected chi connectivity index (χ1v) is 13.9. The van der Waals surface area contributed by atoms with Crippen LogP contribution in [0.1, 0.15) is 39.3 Å². The van der Waals surface area contributed by atoms with Crippen molar-refractivity contribution >= 4 is 43.8 Å². The van der Waals surface area contributed by atoms with E-state index in [0.29, 0.717) is 34.7 Å². The Morgan fingerprint density at radius 2 is 1.98 bits per heavy atom. The molecule has 40 heavy (non-hydrogen) atoms. The number of sulfonamides is 1. The number of H-pyrrole nitrogens is 1. The number of nitrogens with zero attached hydrogens (tertiary/aromatic N) is 1. The lowest BCUT2D eigenvalue weighted by Gasteiger charge is -2.14. The van der Waals surface area contributed by atoms with Crippen molar-refractivity contribution < 1.29 is 31.6 Å². The average molecular weight is 564 g/mol. The van der Waals surface area contributed by atoms with Gasteiger partial charge in [0.2, 0.25) is 10.0 Å². The maximum absolute atomic E-state index is 15.1. The summed E-state index contributed by atoms with van der Waals surface area (Å²) >= 11 is 0. The molecule has 1 fully saturated rings. The largest absolute Gasteiger partial charge is 0.465 e. The molecule has 3 heterocycles. The summed E-state index contributed by atoms with van der Waals surface area (Å²) in [4.78, 5) is 41.6. The number of benzene rings is 2. The van der Waals surface area contributed by atoms with E-state index in [0.717, 1.165) is 6.07 Å². The Labute approximate surface area is 226 Å². The van der Waals surface area contributed by atoms with Crippen molar-refractivity contribution in [2.45, 2.75) is 24.6 Å². The third-order valence-electron chi connectivity index (χ3n) is 6.94. The summed E-state index contributed by atoms with van der Waals surface area (Å²) in [5, 5.41) is 0.358. The minimum atomic E-state index is -3.99. The van der Waals surface area contributed by atoms with E-state index in [9.17, 15) is 22.8 Å². The summed E-state index contributed by atoms with van der Waals surface area (Å²) in [5.41, 5.74) is 0.386. The van der Waals surface area contributed by atoms with Crippen LogP contribution < -0.4 is 10.3 Å². The number of carbonyl (C=O) groups excluding carboxylic acids is 2. The van der Waals surface area contributed by atoms with Gasteiger partial charge in [0.1, 0.15) is 17.1 Å². The molecule has 0 spiro atoms. The smallest absolute Gasteiger partial charge is 0.337 e. The highest BCUT2D eigenvalue weighted by Gasteiger charge is 2.38. The van der Waals surface area contributed by atoms with Gasteiger partial charge in [-0.3, -0.25) is 9.59 Å². The van der Waals surface area contributed by atoms with Gasteiger partial charge in [0.15, 0.2) is 0 Å². The van der Waals surface area contributed by atoms with Crippen molar-refractivity contribution in [1.29, 1.82) is 0 Å². The molecule has 1 aliphatic rings. The molecule has 2 N–H and O–H groups in total. The van der Waals surface area contributed by atoms with Gasteiger partial charge in [0.25, 0.3) is 11.5 Å². The Balaban J connectivity index is 1.67. The van der Waals surface area contributed by atoms with Crippen LogP contribution in [0, 0.1) is 5.82 Å². The lowest BCUT2D eigenvalue weighted by atomic mass is 10.0. The number of amides is 1. The predicted octanol–water partition coefficient (Wildman–Crippen LogP) is 3.94. The summed E-state index contributed by atoms with van der Waals surface area (Å²) in [6.45, 7) is -0.281. The zero-order chi connectivity index (χ0) is 28.2. The molecule has 1 amide bonds. The van der Waals surface area contributed by atoms with Crippen molar-refractivity contribution in [2.75, 3.05) is 7.11 Å².